The van der Waals surface area contributed by atoms with E-state index in [0.717, 1.165) is 27.8 Å². The van der Waals surface area contributed by atoms with Crippen molar-refractivity contribution < 1.29 is 4.79 Å². The number of aryl methyl sites for hydroxylation is 1. The molecule has 17 heavy (non-hydrogen) atoms. The number of rotatable bonds is 2. The molecule has 0 radical (unpaired) electrons. The maximum Gasteiger partial charge on any atom is 0.160 e. The Balaban J connectivity index is 2.25. The summed E-state index contributed by atoms with van der Waals surface area (Å²) in [5, 5.41) is 5.45. The molecule has 3 aromatic heterocycles. The lowest BCUT2D eigenvalue weighted by molar-refractivity contribution is 0.112. The second kappa shape index (κ2) is 3.78. The lowest BCUT2D eigenvalue weighted by Crippen LogP contribution is -1.87. The molecule has 0 amide bonds. The van der Waals surface area contributed by atoms with Gasteiger partial charge in [0.05, 0.1) is 9.75 Å². The molecule has 0 fully saturated rings. The highest BCUT2D eigenvalue weighted by Crippen LogP contribution is 2.30. The summed E-state index contributed by atoms with van der Waals surface area (Å²) >= 11 is 1.43. The maximum absolute atomic E-state index is 10.7. The number of carbonyl (C=O) groups excluding carboxylic acids is 1. The number of aromatic nitrogens is 3. The number of nitrogens with zero attached hydrogens (tertiary/aromatic N) is 3. The molecule has 3 aromatic rings. The van der Waals surface area contributed by atoms with Gasteiger partial charge in [-0.25, -0.2) is 0 Å². The molecular weight excluding hydrogens is 234 g/mol. The molecular formula is C12H9N3OS. The first kappa shape index (κ1) is 10.2. The maximum atomic E-state index is 10.7. The number of thiophene rings is 1. The number of aldehydes is 1. The van der Waals surface area contributed by atoms with E-state index in [1.54, 1.807) is 16.9 Å². The van der Waals surface area contributed by atoms with E-state index in [1.807, 2.05) is 25.4 Å². The molecule has 0 saturated carbocycles. The van der Waals surface area contributed by atoms with Crippen LogP contribution in [0.5, 0.6) is 0 Å². The van der Waals surface area contributed by atoms with Crippen LogP contribution in [0.3, 0.4) is 0 Å². The van der Waals surface area contributed by atoms with Crippen LogP contribution >= 0.6 is 11.3 Å². The van der Waals surface area contributed by atoms with E-state index in [2.05, 4.69) is 10.1 Å². The van der Waals surface area contributed by atoms with E-state index in [9.17, 15) is 4.79 Å². The molecule has 0 atom stereocenters. The van der Waals surface area contributed by atoms with Gasteiger partial charge in [-0.15, -0.1) is 11.3 Å². The molecule has 5 heteroatoms. The number of fused-ring (bicyclic) bond motifs is 1. The van der Waals surface area contributed by atoms with Crippen molar-refractivity contribution in [1.29, 1.82) is 0 Å². The third-order valence-corrected chi connectivity index (χ3v) is 3.53. The van der Waals surface area contributed by atoms with Gasteiger partial charge in [-0.05, 0) is 18.2 Å². The van der Waals surface area contributed by atoms with Crippen LogP contribution in [-0.4, -0.2) is 21.1 Å². The second-order valence-corrected chi connectivity index (χ2v) is 4.84. The number of hydrogen-bond donors (Lipinski definition) is 0. The Bertz CT molecular complexity index is 699. The smallest absolute Gasteiger partial charge is 0.160 e. The minimum atomic E-state index is 0.703. The fourth-order valence-electron chi connectivity index (χ4n) is 1.79. The van der Waals surface area contributed by atoms with Crippen LogP contribution < -0.4 is 0 Å². The summed E-state index contributed by atoms with van der Waals surface area (Å²) in [6.07, 6.45) is 4.57. The van der Waals surface area contributed by atoms with Gasteiger partial charge in [0, 0.05) is 24.8 Å². The summed E-state index contributed by atoms with van der Waals surface area (Å²) in [6.45, 7) is 0. The van der Waals surface area contributed by atoms with Gasteiger partial charge in [-0.2, -0.15) is 5.10 Å². The molecule has 3 rings (SSSR count). The van der Waals surface area contributed by atoms with Gasteiger partial charge in [-0.1, -0.05) is 0 Å². The molecule has 0 aliphatic carbocycles. The van der Waals surface area contributed by atoms with E-state index in [-0.39, 0.29) is 0 Å². The van der Waals surface area contributed by atoms with Crippen molar-refractivity contribution in [1.82, 2.24) is 14.8 Å². The Morgan fingerprint density at radius 1 is 1.35 bits per heavy atom. The van der Waals surface area contributed by atoms with Crippen LogP contribution in [0.1, 0.15) is 9.67 Å². The third-order valence-electron chi connectivity index (χ3n) is 2.52. The predicted molar refractivity (Wildman–Crippen MR) is 67.2 cm³/mol. The van der Waals surface area contributed by atoms with Crippen molar-refractivity contribution in [3.63, 3.8) is 0 Å². The van der Waals surface area contributed by atoms with E-state index in [4.69, 9.17) is 0 Å². The lowest BCUT2D eigenvalue weighted by atomic mass is 10.2. The van der Waals surface area contributed by atoms with Gasteiger partial charge in [0.1, 0.15) is 11.2 Å². The lowest BCUT2D eigenvalue weighted by Gasteiger charge is -1.96. The molecule has 0 aromatic carbocycles. The van der Waals surface area contributed by atoms with Gasteiger partial charge in [0.15, 0.2) is 6.29 Å². The monoisotopic (exact) mass is 243 g/mol. The number of pyridine rings is 1. The molecule has 4 nitrogen and oxygen atoms in total. The number of carbonyl (C=O) groups is 1. The van der Waals surface area contributed by atoms with Crippen molar-refractivity contribution in [2.45, 2.75) is 0 Å². The molecule has 84 valence electrons. The van der Waals surface area contributed by atoms with Gasteiger partial charge in [-0.3, -0.25) is 14.5 Å². The summed E-state index contributed by atoms with van der Waals surface area (Å²) in [4.78, 5) is 16.7. The molecule has 0 spiro atoms. The zero-order chi connectivity index (χ0) is 11.8. The quantitative estimate of drug-likeness (QED) is 0.650. The Labute approximate surface area is 102 Å². The van der Waals surface area contributed by atoms with Crippen molar-refractivity contribution in [3.8, 4) is 10.6 Å². The summed E-state index contributed by atoms with van der Waals surface area (Å²) in [5.41, 5.74) is 1.70. The van der Waals surface area contributed by atoms with E-state index >= 15 is 0 Å². The normalized spacial score (nSPS) is 10.9. The molecule has 0 aliphatic rings. The summed E-state index contributed by atoms with van der Waals surface area (Å²) in [6, 6.07) is 5.64. The van der Waals surface area contributed by atoms with Crippen molar-refractivity contribution >= 4 is 28.5 Å². The highest BCUT2D eigenvalue weighted by molar-refractivity contribution is 7.17. The van der Waals surface area contributed by atoms with Gasteiger partial charge >= 0.3 is 0 Å². The zero-order valence-corrected chi connectivity index (χ0v) is 9.94. The Hall–Kier alpha value is -2.01. The average molecular weight is 243 g/mol. The molecule has 0 bridgehead atoms. The van der Waals surface area contributed by atoms with Crippen molar-refractivity contribution in [3.05, 3.63) is 35.5 Å². The van der Waals surface area contributed by atoms with Crippen LogP contribution in [0.2, 0.25) is 0 Å². The SMILES string of the molecule is Cn1cc2ccnc(-c3ccc(C=O)s3)c2n1. The van der Waals surface area contributed by atoms with Crippen LogP contribution in [0, 0.1) is 0 Å². The van der Waals surface area contributed by atoms with Crippen LogP contribution in [0.4, 0.5) is 0 Å². The minimum Gasteiger partial charge on any atom is -0.297 e. The van der Waals surface area contributed by atoms with Crippen molar-refractivity contribution in [2.75, 3.05) is 0 Å². The largest absolute Gasteiger partial charge is 0.297 e. The summed E-state index contributed by atoms with van der Waals surface area (Å²) < 4.78 is 1.77. The van der Waals surface area contributed by atoms with Gasteiger partial charge in [0.25, 0.3) is 0 Å². The molecule has 0 aliphatic heterocycles. The standard InChI is InChI=1S/C12H9N3OS/c1-15-6-8-4-5-13-12(11(8)14-15)10-3-2-9(7-16)17-10/h2-7H,1H3. The van der Waals surface area contributed by atoms with Crippen LogP contribution in [0.15, 0.2) is 30.6 Å². The molecule has 0 unspecified atom stereocenters. The van der Waals surface area contributed by atoms with E-state index in [1.165, 1.54) is 11.3 Å². The zero-order valence-electron chi connectivity index (χ0n) is 9.12. The Morgan fingerprint density at radius 3 is 3.00 bits per heavy atom. The molecule has 0 N–H and O–H groups in total. The van der Waals surface area contributed by atoms with Gasteiger partial charge < -0.3 is 0 Å². The topological polar surface area (TPSA) is 47.8 Å². The predicted octanol–water partition coefficient (Wildman–Crippen LogP) is 2.51. The minimum absolute atomic E-state index is 0.703. The fraction of sp³-hybridized carbons (Fsp3) is 0.0833. The Kier molecular flexibility index (Phi) is 2.26. The summed E-state index contributed by atoms with van der Waals surface area (Å²) in [5.74, 6) is 0. The number of hydrogen-bond acceptors (Lipinski definition) is 4. The van der Waals surface area contributed by atoms with Crippen LogP contribution in [0.25, 0.3) is 21.5 Å². The fourth-order valence-corrected chi connectivity index (χ4v) is 2.61. The van der Waals surface area contributed by atoms with Crippen molar-refractivity contribution in [2.24, 2.45) is 7.05 Å². The highest BCUT2D eigenvalue weighted by Gasteiger charge is 2.10. The third kappa shape index (κ3) is 1.64. The summed E-state index contributed by atoms with van der Waals surface area (Å²) in [7, 11) is 1.88. The first-order valence-corrected chi connectivity index (χ1v) is 5.93. The molecule has 3 heterocycles. The highest BCUT2D eigenvalue weighted by atomic mass is 32.1. The van der Waals surface area contributed by atoms with E-state index in [0.29, 0.717) is 4.88 Å². The average Bonchev–Trinajstić information content (AvgIpc) is 2.92. The van der Waals surface area contributed by atoms with Crippen LogP contribution in [-0.2, 0) is 7.05 Å². The van der Waals surface area contributed by atoms with Gasteiger partial charge in [0.2, 0.25) is 0 Å². The first-order chi connectivity index (χ1) is 8.28. The first-order valence-electron chi connectivity index (χ1n) is 5.11. The Morgan fingerprint density at radius 2 is 2.24 bits per heavy atom. The van der Waals surface area contributed by atoms with E-state index < -0.39 is 0 Å². The second-order valence-electron chi connectivity index (χ2n) is 3.72. The molecule has 0 saturated heterocycles.